The number of piperidine rings is 1. The molecule has 0 radical (unpaired) electrons. The number of rotatable bonds is 5. The average Bonchev–Trinajstić information content (AvgIpc) is 2.63. The van der Waals surface area contributed by atoms with E-state index in [-0.39, 0.29) is 5.91 Å². The van der Waals surface area contributed by atoms with E-state index < -0.39 is 0 Å². The third-order valence-electron chi connectivity index (χ3n) is 4.23. The fourth-order valence-corrected chi connectivity index (χ4v) is 3.01. The Morgan fingerprint density at radius 3 is 2.75 bits per heavy atom. The molecule has 126 valence electrons. The van der Waals surface area contributed by atoms with E-state index >= 15 is 0 Å². The number of hydrogen-bond acceptors (Lipinski definition) is 4. The SMILES string of the molecule is CCOc1ccccc1C(=O)N1CCC(Nc2cccnc2)CC1. The summed E-state index contributed by atoms with van der Waals surface area (Å²) in [6.45, 7) is 3.98. The van der Waals surface area contributed by atoms with Gasteiger partial charge in [0, 0.05) is 31.5 Å². The zero-order chi connectivity index (χ0) is 16.8. The third kappa shape index (κ3) is 3.85. The quantitative estimate of drug-likeness (QED) is 0.917. The monoisotopic (exact) mass is 325 g/mol. The van der Waals surface area contributed by atoms with Crippen LogP contribution < -0.4 is 10.1 Å². The van der Waals surface area contributed by atoms with Gasteiger partial charge in [-0.3, -0.25) is 9.78 Å². The van der Waals surface area contributed by atoms with Gasteiger partial charge in [-0.15, -0.1) is 0 Å². The Hall–Kier alpha value is -2.56. The summed E-state index contributed by atoms with van der Waals surface area (Å²) in [5.74, 6) is 0.722. The molecule has 1 amide bonds. The zero-order valence-corrected chi connectivity index (χ0v) is 13.9. The number of aromatic nitrogens is 1. The van der Waals surface area contributed by atoms with Crippen molar-refractivity contribution in [2.75, 3.05) is 25.0 Å². The third-order valence-corrected chi connectivity index (χ3v) is 4.23. The molecule has 5 heteroatoms. The molecule has 0 atom stereocenters. The molecule has 1 aromatic heterocycles. The first-order chi connectivity index (χ1) is 11.8. The second-order valence-corrected chi connectivity index (χ2v) is 5.88. The molecule has 1 N–H and O–H groups in total. The number of carbonyl (C=O) groups excluding carboxylic acids is 1. The first kappa shape index (κ1) is 16.3. The molecule has 2 heterocycles. The van der Waals surface area contributed by atoms with Crippen molar-refractivity contribution < 1.29 is 9.53 Å². The van der Waals surface area contributed by atoms with Gasteiger partial charge >= 0.3 is 0 Å². The molecule has 0 unspecified atom stereocenters. The van der Waals surface area contributed by atoms with E-state index in [9.17, 15) is 4.79 Å². The van der Waals surface area contributed by atoms with Crippen LogP contribution in [0.5, 0.6) is 5.75 Å². The smallest absolute Gasteiger partial charge is 0.257 e. The highest BCUT2D eigenvalue weighted by Gasteiger charge is 2.25. The van der Waals surface area contributed by atoms with Crippen LogP contribution in [-0.4, -0.2) is 41.5 Å². The van der Waals surface area contributed by atoms with Crippen molar-refractivity contribution >= 4 is 11.6 Å². The van der Waals surface area contributed by atoms with Crippen molar-refractivity contribution in [2.24, 2.45) is 0 Å². The van der Waals surface area contributed by atoms with Gasteiger partial charge in [0.15, 0.2) is 0 Å². The largest absolute Gasteiger partial charge is 0.493 e. The normalized spacial score (nSPS) is 15.1. The van der Waals surface area contributed by atoms with Gasteiger partial charge in [0.2, 0.25) is 0 Å². The molecule has 1 aliphatic rings. The second-order valence-electron chi connectivity index (χ2n) is 5.88. The minimum absolute atomic E-state index is 0.0545. The lowest BCUT2D eigenvalue weighted by Crippen LogP contribution is -2.42. The summed E-state index contributed by atoms with van der Waals surface area (Å²) in [4.78, 5) is 18.8. The lowest BCUT2D eigenvalue weighted by molar-refractivity contribution is 0.0714. The van der Waals surface area contributed by atoms with Crippen LogP contribution >= 0.6 is 0 Å². The van der Waals surface area contributed by atoms with Gasteiger partial charge in [-0.1, -0.05) is 12.1 Å². The molecular formula is C19H23N3O2. The van der Waals surface area contributed by atoms with Crippen LogP contribution in [0.3, 0.4) is 0 Å². The Bertz CT molecular complexity index is 667. The lowest BCUT2D eigenvalue weighted by atomic mass is 10.0. The number of nitrogens with zero attached hydrogens (tertiary/aromatic N) is 2. The van der Waals surface area contributed by atoms with Crippen LogP contribution in [-0.2, 0) is 0 Å². The summed E-state index contributed by atoms with van der Waals surface area (Å²) in [5, 5.41) is 3.49. The number of nitrogens with one attached hydrogen (secondary N) is 1. The van der Waals surface area contributed by atoms with E-state index in [1.54, 1.807) is 6.20 Å². The van der Waals surface area contributed by atoms with Gasteiger partial charge in [-0.2, -0.15) is 0 Å². The Morgan fingerprint density at radius 1 is 1.25 bits per heavy atom. The number of hydrogen-bond donors (Lipinski definition) is 1. The highest BCUT2D eigenvalue weighted by Crippen LogP contribution is 2.23. The predicted octanol–water partition coefficient (Wildman–Crippen LogP) is 3.20. The summed E-state index contributed by atoms with van der Waals surface area (Å²) in [7, 11) is 0. The minimum atomic E-state index is 0.0545. The van der Waals surface area contributed by atoms with Crippen molar-refractivity contribution in [3.63, 3.8) is 0 Å². The van der Waals surface area contributed by atoms with Gasteiger partial charge in [0.25, 0.3) is 5.91 Å². The highest BCUT2D eigenvalue weighted by molar-refractivity contribution is 5.97. The van der Waals surface area contributed by atoms with E-state index in [2.05, 4.69) is 10.3 Å². The summed E-state index contributed by atoms with van der Waals surface area (Å²) >= 11 is 0. The number of benzene rings is 1. The maximum Gasteiger partial charge on any atom is 0.257 e. The Morgan fingerprint density at radius 2 is 2.04 bits per heavy atom. The number of likely N-dealkylation sites (tertiary alicyclic amines) is 1. The van der Waals surface area contributed by atoms with Crippen molar-refractivity contribution in [1.29, 1.82) is 0 Å². The number of anilines is 1. The van der Waals surface area contributed by atoms with Gasteiger partial charge in [-0.05, 0) is 44.0 Å². The molecule has 1 aliphatic heterocycles. The van der Waals surface area contributed by atoms with Gasteiger partial charge in [0.05, 0.1) is 17.9 Å². The van der Waals surface area contributed by atoms with Crippen molar-refractivity contribution in [1.82, 2.24) is 9.88 Å². The minimum Gasteiger partial charge on any atom is -0.493 e. The standard InChI is InChI=1S/C19H23N3O2/c1-2-24-18-8-4-3-7-17(18)19(23)22-12-9-15(10-13-22)21-16-6-5-11-20-14-16/h3-8,11,14-15,21H,2,9-10,12-13H2,1H3. The molecule has 24 heavy (non-hydrogen) atoms. The molecule has 1 aromatic carbocycles. The molecule has 1 saturated heterocycles. The maximum atomic E-state index is 12.8. The van der Waals surface area contributed by atoms with E-state index in [1.807, 2.05) is 54.4 Å². The average molecular weight is 325 g/mol. The van der Waals surface area contributed by atoms with E-state index in [4.69, 9.17) is 4.74 Å². The fourth-order valence-electron chi connectivity index (χ4n) is 3.01. The molecule has 0 spiro atoms. The second kappa shape index (κ2) is 7.81. The lowest BCUT2D eigenvalue weighted by Gasteiger charge is -2.33. The first-order valence-corrected chi connectivity index (χ1v) is 8.45. The molecular weight excluding hydrogens is 302 g/mol. The van der Waals surface area contributed by atoms with Crippen LogP contribution in [0.15, 0.2) is 48.8 Å². The van der Waals surface area contributed by atoms with E-state index in [0.717, 1.165) is 31.6 Å². The predicted molar refractivity (Wildman–Crippen MR) is 94.4 cm³/mol. The van der Waals surface area contributed by atoms with Crippen LogP contribution in [0.4, 0.5) is 5.69 Å². The zero-order valence-electron chi connectivity index (χ0n) is 13.9. The summed E-state index contributed by atoms with van der Waals surface area (Å²) in [6, 6.07) is 11.8. The molecule has 3 rings (SSSR count). The van der Waals surface area contributed by atoms with Crippen molar-refractivity contribution in [3.8, 4) is 5.75 Å². The number of carbonyl (C=O) groups is 1. The Balaban J connectivity index is 1.59. The molecule has 5 nitrogen and oxygen atoms in total. The molecule has 0 bridgehead atoms. The highest BCUT2D eigenvalue weighted by atomic mass is 16.5. The Kier molecular flexibility index (Phi) is 5.31. The van der Waals surface area contributed by atoms with E-state index in [1.165, 1.54) is 0 Å². The Labute approximate surface area is 142 Å². The van der Waals surface area contributed by atoms with Crippen LogP contribution in [0.2, 0.25) is 0 Å². The van der Waals surface area contributed by atoms with Gasteiger partial charge < -0.3 is 15.0 Å². The van der Waals surface area contributed by atoms with Crippen LogP contribution in [0, 0.1) is 0 Å². The number of amides is 1. The summed E-state index contributed by atoms with van der Waals surface area (Å²) in [6.07, 6.45) is 5.45. The van der Waals surface area contributed by atoms with Crippen molar-refractivity contribution in [3.05, 3.63) is 54.4 Å². The summed E-state index contributed by atoms with van der Waals surface area (Å²) in [5.41, 5.74) is 1.68. The van der Waals surface area contributed by atoms with E-state index in [0.29, 0.717) is 24.0 Å². The topological polar surface area (TPSA) is 54.5 Å². The summed E-state index contributed by atoms with van der Waals surface area (Å²) < 4.78 is 5.58. The number of ether oxygens (including phenoxy) is 1. The van der Waals surface area contributed by atoms with Crippen molar-refractivity contribution in [2.45, 2.75) is 25.8 Å². The number of pyridine rings is 1. The molecule has 0 saturated carbocycles. The van der Waals surface area contributed by atoms with Crippen LogP contribution in [0.1, 0.15) is 30.1 Å². The number of para-hydroxylation sites is 1. The maximum absolute atomic E-state index is 12.8. The van der Waals surface area contributed by atoms with Gasteiger partial charge in [-0.25, -0.2) is 0 Å². The molecule has 1 fully saturated rings. The molecule has 2 aromatic rings. The van der Waals surface area contributed by atoms with Gasteiger partial charge in [0.1, 0.15) is 5.75 Å². The van der Waals surface area contributed by atoms with Crippen LogP contribution in [0.25, 0.3) is 0 Å². The fraction of sp³-hybridized carbons (Fsp3) is 0.368. The first-order valence-electron chi connectivity index (χ1n) is 8.45. The molecule has 0 aliphatic carbocycles.